The molecule has 0 bridgehead atoms. The van der Waals surface area contributed by atoms with Gasteiger partial charge in [0, 0.05) is 0 Å². The average Bonchev–Trinajstić information content (AvgIpc) is 3.22. The van der Waals surface area contributed by atoms with Gasteiger partial charge < -0.3 is 14.7 Å². The summed E-state index contributed by atoms with van der Waals surface area (Å²) in [5.41, 5.74) is 2.30. The smallest absolute Gasteiger partial charge is 0.0785 e. The molecule has 3 unspecified atom stereocenters. The zero-order valence-corrected chi connectivity index (χ0v) is 28.8. The number of fused-ring (bicyclic) bond motifs is 5. The zero-order valence-electron chi connectivity index (χ0n) is 27.9. The van der Waals surface area contributed by atoms with Crippen molar-refractivity contribution in [3.63, 3.8) is 0 Å². The summed E-state index contributed by atoms with van der Waals surface area (Å²) in [6.07, 6.45) is 25.4. The molecule has 5 atom stereocenters. The molecule has 1 aromatic carbocycles. The third kappa shape index (κ3) is 8.48. The molecule has 242 valence electrons. The molecule has 4 heteroatoms. The van der Waals surface area contributed by atoms with Crippen molar-refractivity contribution >= 4 is 12.4 Å². The van der Waals surface area contributed by atoms with Crippen LogP contribution in [0.2, 0.25) is 0 Å². The Balaban J connectivity index is 0.00000484. The lowest BCUT2D eigenvalue weighted by Crippen LogP contribution is -2.52. The Morgan fingerprint density at radius 3 is 2.05 bits per heavy atom. The molecule has 2 fully saturated rings. The maximum Gasteiger partial charge on any atom is 0.0785 e. The maximum atomic E-state index is 12.3. The summed E-state index contributed by atoms with van der Waals surface area (Å²) in [4.78, 5) is 0. The van der Waals surface area contributed by atoms with Gasteiger partial charge in [-0.2, -0.15) is 0 Å². The molecular formula is C38H66ClNO2. The summed E-state index contributed by atoms with van der Waals surface area (Å²) >= 11 is 0. The largest absolute Gasteiger partial charge is 0.872 e. The first-order valence-electron chi connectivity index (χ1n) is 18.1. The lowest BCUT2D eigenvalue weighted by atomic mass is 9.53. The Hall–Kier alpha value is -0.770. The summed E-state index contributed by atoms with van der Waals surface area (Å²) in [5, 5.41) is 24.3. The lowest BCUT2D eigenvalue weighted by molar-refractivity contribution is -0.910. The normalized spacial score (nSPS) is 28.5. The van der Waals surface area contributed by atoms with Crippen LogP contribution < -0.4 is 5.11 Å². The van der Waals surface area contributed by atoms with Gasteiger partial charge in [0.05, 0.1) is 32.3 Å². The molecule has 0 aliphatic heterocycles. The molecule has 1 aromatic rings. The van der Waals surface area contributed by atoms with E-state index in [1.165, 1.54) is 132 Å². The van der Waals surface area contributed by atoms with Gasteiger partial charge >= 0.3 is 0 Å². The van der Waals surface area contributed by atoms with Crippen LogP contribution in [0.1, 0.15) is 160 Å². The van der Waals surface area contributed by atoms with E-state index >= 15 is 0 Å². The van der Waals surface area contributed by atoms with Gasteiger partial charge in [-0.25, -0.2) is 0 Å². The van der Waals surface area contributed by atoms with E-state index in [0.717, 1.165) is 32.1 Å². The first kappa shape index (κ1) is 35.7. The standard InChI is InChI=1S/C38H65NO2.ClH/c1-5-7-9-11-13-15-27-39(4,28-16-14-12-10-8-6-2)29-17-24-38(41)26-23-36-35-20-18-31-30-32(40)19-21-33(31)34(35)22-25-37(36,38)3;/h19,21,30,34-36,41H,5-18,20,22-29H2,1-4H3;1H/t34?,35?,36?,37-,38-;/m0./s1. The van der Waals surface area contributed by atoms with E-state index in [1.54, 1.807) is 6.07 Å². The van der Waals surface area contributed by atoms with Crippen molar-refractivity contribution in [3.8, 4) is 5.75 Å². The van der Waals surface area contributed by atoms with Crippen LogP contribution in [0.25, 0.3) is 0 Å². The third-order valence-electron chi connectivity index (χ3n) is 12.4. The minimum atomic E-state index is -0.507. The Bertz CT molecular complexity index is 920. The predicted octanol–water partition coefficient (Wildman–Crippen LogP) is 9.72. The van der Waals surface area contributed by atoms with Crippen LogP contribution in [0.3, 0.4) is 0 Å². The van der Waals surface area contributed by atoms with Crippen LogP contribution >= 0.6 is 12.4 Å². The van der Waals surface area contributed by atoms with E-state index in [9.17, 15) is 10.2 Å². The Morgan fingerprint density at radius 2 is 1.40 bits per heavy atom. The van der Waals surface area contributed by atoms with Crippen molar-refractivity contribution in [2.75, 3.05) is 26.7 Å². The molecule has 42 heavy (non-hydrogen) atoms. The number of aliphatic hydroxyl groups is 1. The van der Waals surface area contributed by atoms with Gasteiger partial charge in [0.1, 0.15) is 0 Å². The van der Waals surface area contributed by atoms with Crippen LogP contribution in [0.15, 0.2) is 18.2 Å². The van der Waals surface area contributed by atoms with Gasteiger partial charge in [-0.3, -0.25) is 0 Å². The Labute approximate surface area is 266 Å². The highest BCUT2D eigenvalue weighted by atomic mass is 35.5. The fourth-order valence-electron chi connectivity index (χ4n) is 9.72. The second-order valence-electron chi connectivity index (χ2n) is 15.2. The molecule has 3 nitrogen and oxygen atoms in total. The SMILES string of the molecule is CCCCCCCC[N+](C)(CCCCCCCC)CCC[C@]1(O)CCC2C3CCc4cc([O-])ccc4C3CC[C@@]21C.Cl. The maximum absolute atomic E-state index is 12.3. The highest BCUT2D eigenvalue weighted by molar-refractivity contribution is 5.85. The lowest BCUT2D eigenvalue weighted by Gasteiger charge is -2.53. The molecule has 2 saturated carbocycles. The van der Waals surface area contributed by atoms with Gasteiger partial charge in [-0.1, -0.05) is 90.3 Å². The van der Waals surface area contributed by atoms with Crippen molar-refractivity contribution in [2.45, 2.75) is 161 Å². The number of nitrogens with zero attached hydrogens (tertiary/aromatic N) is 1. The molecule has 0 amide bonds. The minimum absolute atomic E-state index is 0. The number of quaternary nitrogens is 1. The Morgan fingerprint density at radius 1 is 0.810 bits per heavy atom. The van der Waals surface area contributed by atoms with Gasteiger partial charge in [0.15, 0.2) is 0 Å². The van der Waals surface area contributed by atoms with Crippen molar-refractivity contribution < 1.29 is 14.7 Å². The number of hydrogen-bond acceptors (Lipinski definition) is 2. The number of rotatable bonds is 18. The van der Waals surface area contributed by atoms with Gasteiger partial charge in [0.2, 0.25) is 0 Å². The summed E-state index contributed by atoms with van der Waals surface area (Å²) in [5.74, 6) is 2.05. The molecule has 0 aromatic heterocycles. The molecule has 4 rings (SSSR count). The quantitative estimate of drug-likeness (QED) is 0.134. The van der Waals surface area contributed by atoms with E-state index in [4.69, 9.17) is 0 Å². The van der Waals surface area contributed by atoms with Gasteiger partial charge in [0.25, 0.3) is 0 Å². The van der Waals surface area contributed by atoms with Crippen LogP contribution in [-0.4, -0.2) is 41.9 Å². The molecule has 0 heterocycles. The summed E-state index contributed by atoms with van der Waals surface area (Å²) in [6, 6.07) is 5.83. The van der Waals surface area contributed by atoms with Crippen molar-refractivity contribution in [1.29, 1.82) is 0 Å². The summed E-state index contributed by atoms with van der Waals surface area (Å²) < 4.78 is 1.21. The first-order valence-corrected chi connectivity index (χ1v) is 18.1. The molecule has 0 saturated heterocycles. The highest BCUT2D eigenvalue weighted by Crippen LogP contribution is 2.65. The fraction of sp³-hybridized carbons (Fsp3) is 0.842. The summed E-state index contributed by atoms with van der Waals surface area (Å²) in [7, 11) is 2.53. The van der Waals surface area contributed by atoms with Crippen LogP contribution in [-0.2, 0) is 6.42 Å². The van der Waals surface area contributed by atoms with E-state index in [2.05, 4.69) is 33.9 Å². The van der Waals surface area contributed by atoms with Crippen molar-refractivity contribution in [1.82, 2.24) is 0 Å². The minimum Gasteiger partial charge on any atom is -0.872 e. The van der Waals surface area contributed by atoms with Gasteiger partial charge in [-0.15, -0.1) is 18.2 Å². The number of halogens is 1. The van der Waals surface area contributed by atoms with Crippen LogP contribution in [0.5, 0.6) is 5.75 Å². The van der Waals surface area contributed by atoms with E-state index in [-0.39, 0.29) is 23.6 Å². The van der Waals surface area contributed by atoms with Crippen molar-refractivity contribution in [3.05, 3.63) is 29.3 Å². The molecule has 0 radical (unpaired) electrons. The zero-order chi connectivity index (χ0) is 29.3. The second kappa shape index (κ2) is 16.5. The first-order chi connectivity index (χ1) is 19.8. The van der Waals surface area contributed by atoms with Gasteiger partial charge in [-0.05, 0) is 111 Å². The second-order valence-corrected chi connectivity index (χ2v) is 15.2. The van der Waals surface area contributed by atoms with Crippen molar-refractivity contribution in [2.24, 2.45) is 17.3 Å². The van der Waals surface area contributed by atoms with E-state index in [1.807, 2.05) is 6.07 Å². The molecule has 3 aliphatic rings. The molecule has 3 aliphatic carbocycles. The number of aryl methyl sites for hydroxylation is 1. The summed E-state index contributed by atoms with van der Waals surface area (Å²) in [6.45, 7) is 10.9. The third-order valence-corrected chi connectivity index (χ3v) is 12.4. The molecule has 1 N–H and O–H groups in total. The van der Waals surface area contributed by atoms with Crippen LogP contribution in [0, 0.1) is 17.3 Å². The topological polar surface area (TPSA) is 43.3 Å². The predicted molar refractivity (Wildman–Crippen MR) is 179 cm³/mol. The number of hydrogen-bond donors (Lipinski definition) is 1. The average molecular weight is 604 g/mol. The Kier molecular flexibility index (Phi) is 14.0. The van der Waals surface area contributed by atoms with Crippen LogP contribution in [0.4, 0.5) is 0 Å². The monoisotopic (exact) mass is 603 g/mol. The molecule has 0 spiro atoms. The number of benzene rings is 1. The number of unbranched alkanes of at least 4 members (excludes halogenated alkanes) is 10. The molecular weight excluding hydrogens is 538 g/mol. The highest BCUT2D eigenvalue weighted by Gasteiger charge is 2.61. The van der Waals surface area contributed by atoms with E-state index in [0.29, 0.717) is 17.8 Å². The fourth-order valence-corrected chi connectivity index (χ4v) is 9.72. The van der Waals surface area contributed by atoms with E-state index < -0.39 is 5.60 Å².